The van der Waals surface area contributed by atoms with E-state index in [1.54, 1.807) is 13.2 Å². The molecule has 0 N–H and O–H groups in total. The second-order valence-electron chi connectivity index (χ2n) is 2.34. The van der Waals surface area contributed by atoms with E-state index in [0.29, 0.717) is 17.5 Å². The largest absolute Gasteiger partial charge is 0.481 e. The number of methoxy groups -OCH3 is 2. The molecule has 0 aliphatic carbocycles. The van der Waals surface area contributed by atoms with Crippen LogP contribution >= 0.6 is 11.6 Å². The van der Waals surface area contributed by atoms with Crippen LogP contribution < -0.4 is 4.74 Å². The van der Waals surface area contributed by atoms with Crippen molar-refractivity contribution in [2.24, 2.45) is 0 Å². The summed E-state index contributed by atoms with van der Waals surface area (Å²) in [5.41, 5.74) is 1.05. The van der Waals surface area contributed by atoms with E-state index in [9.17, 15) is 0 Å². The number of aryl methyl sites for hydroxylation is 1. The van der Waals surface area contributed by atoms with Gasteiger partial charge in [0, 0.05) is 6.07 Å². The van der Waals surface area contributed by atoms with Crippen molar-refractivity contribution < 1.29 is 14.3 Å². The van der Waals surface area contributed by atoms with Gasteiger partial charge in [0.2, 0.25) is 5.88 Å². The third-order valence-electron chi connectivity index (χ3n) is 1.22. The third-order valence-corrected chi connectivity index (χ3v) is 1.41. The van der Waals surface area contributed by atoms with Gasteiger partial charge in [-0.2, -0.15) is 0 Å². The van der Waals surface area contributed by atoms with E-state index in [0.717, 1.165) is 5.56 Å². The van der Waals surface area contributed by atoms with Crippen molar-refractivity contribution in [3.63, 3.8) is 0 Å². The number of rotatable bonds is 2. The number of ether oxygens (including phenoxy) is 2. The molecule has 0 aliphatic rings. The third kappa shape index (κ3) is 5.37. The highest BCUT2D eigenvalue weighted by atomic mass is 35.5. The second kappa shape index (κ2) is 7.15. The number of aromatic nitrogens is 1. The van der Waals surface area contributed by atoms with Crippen molar-refractivity contribution in [1.82, 2.24) is 4.98 Å². The number of carbonyl (C=O) groups excluding carboxylic acids is 1. The first-order valence-electron chi connectivity index (χ1n) is 3.78. The summed E-state index contributed by atoms with van der Waals surface area (Å²) in [6, 6.07) is 3.61. The Bertz CT molecular complexity index is 271. The Balaban J connectivity index is 0.000000364. The van der Waals surface area contributed by atoms with Crippen LogP contribution in [0.5, 0.6) is 5.88 Å². The Morgan fingerprint density at radius 2 is 2.00 bits per heavy atom. The summed E-state index contributed by atoms with van der Waals surface area (Å²) in [6.07, 6.45) is 0. The first kappa shape index (κ1) is 12.7. The average Bonchev–Trinajstić information content (AvgIpc) is 2.17. The lowest BCUT2D eigenvalue weighted by atomic mass is 10.3. The van der Waals surface area contributed by atoms with Crippen molar-refractivity contribution in [3.05, 3.63) is 22.8 Å². The number of hydrogen-bond donors (Lipinski definition) is 0. The summed E-state index contributed by atoms with van der Waals surface area (Å²) in [4.78, 5) is 12.8. The molecule has 1 heterocycles. The SMILES string of the molecule is COC=O.COc1cc(C)cc(Cl)n1. The molecule has 0 fully saturated rings. The Labute approximate surface area is 87.8 Å². The van der Waals surface area contributed by atoms with E-state index in [4.69, 9.17) is 21.1 Å². The highest BCUT2D eigenvalue weighted by Gasteiger charge is 1.95. The predicted molar refractivity (Wildman–Crippen MR) is 53.6 cm³/mol. The number of halogens is 1. The minimum atomic E-state index is 0.375. The molecule has 4 nitrogen and oxygen atoms in total. The summed E-state index contributed by atoms with van der Waals surface area (Å²) in [5.74, 6) is 0.560. The van der Waals surface area contributed by atoms with E-state index in [-0.39, 0.29) is 0 Å². The highest BCUT2D eigenvalue weighted by molar-refractivity contribution is 6.29. The van der Waals surface area contributed by atoms with Crippen LogP contribution in [0, 0.1) is 6.92 Å². The summed E-state index contributed by atoms with van der Waals surface area (Å²) >= 11 is 5.64. The Morgan fingerprint density at radius 3 is 2.36 bits per heavy atom. The fraction of sp³-hybridized carbons (Fsp3) is 0.333. The van der Waals surface area contributed by atoms with Crippen LogP contribution in [0.3, 0.4) is 0 Å². The van der Waals surface area contributed by atoms with Gasteiger partial charge in [-0.05, 0) is 18.6 Å². The van der Waals surface area contributed by atoms with Crippen molar-refractivity contribution >= 4 is 18.1 Å². The molecule has 0 saturated heterocycles. The van der Waals surface area contributed by atoms with E-state index in [1.165, 1.54) is 7.11 Å². The quantitative estimate of drug-likeness (QED) is 0.560. The van der Waals surface area contributed by atoms with Gasteiger partial charge in [0.1, 0.15) is 5.15 Å². The molecule has 0 saturated carbocycles. The van der Waals surface area contributed by atoms with E-state index < -0.39 is 0 Å². The second-order valence-corrected chi connectivity index (χ2v) is 2.73. The number of pyridine rings is 1. The highest BCUT2D eigenvalue weighted by Crippen LogP contribution is 2.14. The smallest absolute Gasteiger partial charge is 0.292 e. The summed E-state index contributed by atoms with van der Waals surface area (Å²) in [5, 5.41) is 0.469. The van der Waals surface area contributed by atoms with Gasteiger partial charge < -0.3 is 9.47 Å². The lowest BCUT2D eigenvalue weighted by molar-refractivity contribution is -0.126. The van der Waals surface area contributed by atoms with Gasteiger partial charge in [0.25, 0.3) is 6.47 Å². The predicted octanol–water partition coefficient (Wildman–Crippen LogP) is 1.84. The minimum Gasteiger partial charge on any atom is -0.481 e. The van der Waals surface area contributed by atoms with Gasteiger partial charge in [-0.1, -0.05) is 11.6 Å². The van der Waals surface area contributed by atoms with Gasteiger partial charge in [0.05, 0.1) is 14.2 Å². The zero-order chi connectivity index (χ0) is 11.0. The van der Waals surface area contributed by atoms with Crippen molar-refractivity contribution in [3.8, 4) is 5.88 Å². The molecule has 0 spiro atoms. The maximum absolute atomic E-state index is 8.95. The normalized spacial score (nSPS) is 8.29. The molecule has 0 aromatic carbocycles. The minimum absolute atomic E-state index is 0.375. The Hall–Kier alpha value is -1.29. The standard InChI is InChI=1S/C7H8ClNO.C2H4O2/c1-5-3-6(8)9-7(4-5)10-2;1-4-2-3/h3-4H,1-2H3;2H,1H3. The summed E-state index contributed by atoms with van der Waals surface area (Å²) < 4.78 is 8.74. The zero-order valence-electron chi connectivity index (χ0n) is 8.28. The summed E-state index contributed by atoms with van der Waals surface area (Å²) in [7, 11) is 2.88. The first-order chi connectivity index (χ1) is 6.63. The van der Waals surface area contributed by atoms with Crippen LogP contribution in [0.15, 0.2) is 12.1 Å². The average molecular weight is 218 g/mol. The lowest BCUT2D eigenvalue weighted by Gasteiger charge is -1.99. The van der Waals surface area contributed by atoms with Gasteiger partial charge in [-0.15, -0.1) is 0 Å². The first-order valence-corrected chi connectivity index (χ1v) is 4.16. The van der Waals surface area contributed by atoms with Crippen molar-refractivity contribution in [1.29, 1.82) is 0 Å². The Kier molecular flexibility index (Phi) is 6.49. The molecule has 1 rings (SSSR count). The fourth-order valence-electron chi connectivity index (χ4n) is 0.699. The Morgan fingerprint density at radius 1 is 1.43 bits per heavy atom. The van der Waals surface area contributed by atoms with Gasteiger partial charge in [-0.25, -0.2) is 4.98 Å². The zero-order valence-corrected chi connectivity index (χ0v) is 9.04. The van der Waals surface area contributed by atoms with Crippen LogP contribution in [-0.2, 0) is 9.53 Å². The van der Waals surface area contributed by atoms with Gasteiger partial charge in [-0.3, -0.25) is 4.79 Å². The molecule has 0 atom stereocenters. The van der Waals surface area contributed by atoms with E-state index in [1.807, 2.05) is 13.0 Å². The molecule has 78 valence electrons. The van der Waals surface area contributed by atoms with Gasteiger partial charge >= 0.3 is 0 Å². The molecule has 0 bridgehead atoms. The monoisotopic (exact) mass is 217 g/mol. The molecule has 1 aromatic heterocycles. The molecule has 0 unspecified atom stereocenters. The molecular weight excluding hydrogens is 206 g/mol. The number of nitrogens with zero attached hydrogens (tertiary/aromatic N) is 1. The number of carbonyl (C=O) groups is 1. The fourth-order valence-corrected chi connectivity index (χ4v) is 0.954. The van der Waals surface area contributed by atoms with Crippen molar-refractivity contribution in [2.75, 3.05) is 14.2 Å². The molecular formula is C9H12ClNO3. The van der Waals surface area contributed by atoms with Crippen molar-refractivity contribution in [2.45, 2.75) is 6.92 Å². The molecule has 0 radical (unpaired) electrons. The maximum atomic E-state index is 8.95. The lowest BCUT2D eigenvalue weighted by Crippen LogP contribution is -1.87. The van der Waals surface area contributed by atoms with Crippen LogP contribution in [-0.4, -0.2) is 25.7 Å². The van der Waals surface area contributed by atoms with Crippen LogP contribution in [0.25, 0.3) is 0 Å². The molecule has 1 aromatic rings. The molecule has 0 amide bonds. The van der Waals surface area contributed by atoms with E-state index in [2.05, 4.69) is 9.72 Å². The molecule has 5 heteroatoms. The molecule has 0 aliphatic heterocycles. The topological polar surface area (TPSA) is 48.4 Å². The number of hydrogen-bond acceptors (Lipinski definition) is 4. The van der Waals surface area contributed by atoms with Gasteiger partial charge in [0.15, 0.2) is 0 Å². The molecule has 14 heavy (non-hydrogen) atoms. The summed E-state index contributed by atoms with van der Waals surface area (Å²) in [6.45, 7) is 2.32. The van der Waals surface area contributed by atoms with E-state index >= 15 is 0 Å². The van der Waals surface area contributed by atoms with Crippen LogP contribution in [0.4, 0.5) is 0 Å². The maximum Gasteiger partial charge on any atom is 0.292 e. The van der Waals surface area contributed by atoms with Crippen LogP contribution in [0.1, 0.15) is 5.56 Å². The van der Waals surface area contributed by atoms with Crippen LogP contribution in [0.2, 0.25) is 5.15 Å².